The van der Waals surface area contributed by atoms with Crippen molar-refractivity contribution in [2.45, 2.75) is 25.8 Å². The normalized spacial score (nSPS) is 24.2. The number of aryl methyl sites for hydroxylation is 1. The van der Waals surface area contributed by atoms with Gasteiger partial charge >= 0.3 is 0 Å². The Labute approximate surface area is 90.6 Å². The number of benzene rings is 1. The predicted molar refractivity (Wildman–Crippen MR) is 60.1 cm³/mol. The van der Waals surface area contributed by atoms with Crippen LogP contribution in [0.15, 0.2) is 24.3 Å². The van der Waals surface area contributed by atoms with Gasteiger partial charge in [-0.05, 0) is 24.0 Å². The smallest absolute Gasteiger partial charge is 0.212 e. The third kappa shape index (κ3) is 2.38. The van der Waals surface area contributed by atoms with Gasteiger partial charge in [0.25, 0.3) is 0 Å². The molecule has 4 heteroatoms. The van der Waals surface area contributed by atoms with E-state index in [1.807, 2.05) is 12.1 Å². The molecule has 1 aliphatic heterocycles. The zero-order chi connectivity index (χ0) is 10.9. The van der Waals surface area contributed by atoms with Crippen LogP contribution in [0.4, 0.5) is 0 Å². The van der Waals surface area contributed by atoms with Crippen molar-refractivity contribution in [2.75, 3.05) is 5.75 Å². The average Bonchev–Trinajstić information content (AvgIpc) is 2.59. The van der Waals surface area contributed by atoms with Gasteiger partial charge in [0, 0.05) is 6.04 Å². The van der Waals surface area contributed by atoms with E-state index in [0.29, 0.717) is 6.42 Å². The molecule has 1 fully saturated rings. The SMILES string of the molecule is CCc1ccc(C2CCS(=O)(=O)N2)cc1. The molecule has 0 amide bonds. The van der Waals surface area contributed by atoms with Crippen molar-refractivity contribution in [2.24, 2.45) is 0 Å². The van der Waals surface area contributed by atoms with E-state index in [1.165, 1.54) is 5.56 Å². The minimum Gasteiger partial charge on any atom is -0.212 e. The molecule has 0 saturated carbocycles. The molecular formula is C11H15NO2S. The van der Waals surface area contributed by atoms with Crippen LogP contribution in [0.25, 0.3) is 0 Å². The van der Waals surface area contributed by atoms with Crippen LogP contribution in [0.3, 0.4) is 0 Å². The number of nitrogens with one attached hydrogen (secondary N) is 1. The topological polar surface area (TPSA) is 46.2 Å². The van der Waals surface area contributed by atoms with E-state index in [9.17, 15) is 8.42 Å². The Morgan fingerprint density at radius 1 is 1.33 bits per heavy atom. The molecule has 0 spiro atoms. The molecule has 1 aromatic rings. The average molecular weight is 225 g/mol. The second-order valence-electron chi connectivity index (χ2n) is 3.87. The fraction of sp³-hybridized carbons (Fsp3) is 0.455. The highest BCUT2D eigenvalue weighted by atomic mass is 32.2. The summed E-state index contributed by atoms with van der Waals surface area (Å²) in [6.45, 7) is 2.10. The molecule has 3 nitrogen and oxygen atoms in total. The third-order valence-corrected chi connectivity index (χ3v) is 4.20. The maximum absolute atomic E-state index is 11.2. The van der Waals surface area contributed by atoms with Crippen LogP contribution in [0.2, 0.25) is 0 Å². The van der Waals surface area contributed by atoms with Gasteiger partial charge in [-0.15, -0.1) is 0 Å². The fourth-order valence-corrected chi connectivity index (χ4v) is 3.18. The van der Waals surface area contributed by atoms with Gasteiger partial charge < -0.3 is 0 Å². The Hall–Kier alpha value is -0.870. The molecule has 82 valence electrons. The summed E-state index contributed by atoms with van der Waals surface area (Å²) in [6, 6.07) is 8.11. The summed E-state index contributed by atoms with van der Waals surface area (Å²) in [5, 5.41) is 0. The third-order valence-electron chi connectivity index (χ3n) is 2.79. The van der Waals surface area contributed by atoms with Crippen molar-refractivity contribution in [1.82, 2.24) is 4.72 Å². The summed E-state index contributed by atoms with van der Waals surface area (Å²) in [7, 11) is -3.01. The lowest BCUT2D eigenvalue weighted by molar-refractivity contribution is 0.586. The summed E-state index contributed by atoms with van der Waals surface area (Å²) in [5.41, 5.74) is 2.34. The first kappa shape index (κ1) is 10.6. The first-order valence-corrected chi connectivity index (χ1v) is 6.85. The summed E-state index contributed by atoms with van der Waals surface area (Å²) in [6.07, 6.45) is 1.68. The monoisotopic (exact) mass is 225 g/mol. The number of hydrogen-bond donors (Lipinski definition) is 1. The number of rotatable bonds is 2. The Kier molecular flexibility index (Phi) is 2.80. The molecule has 1 saturated heterocycles. The van der Waals surface area contributed by atoms with Crippen molar-refractivity contribution < 1.29 is 8.42 Å². The predicted octanol–water partition coefficient (Wildman–Crippen LogP) is 1.61. The van der Waals surface area contributed by atoms with E-state index in [4.69, 9.17) is 0 Å². The lowest BCUT2D eigenvalue weighted by Crippen LogP contribution is -2.19. The van der Waals surface area contributed by atoms with Gasteiger partial charge in [0.2, 0.25) is 10.0 Å². The van der Waals surface area contributed by atoms with Gasteiger partial charge in [0.05, 0.1) is 5.75 Å². The van der Waals surface area contributed by atoms with E-state index < -0.39 is 10.0 Å². The quantitative estimate of drug-likeness (QED) is 0.831. The summed E-state index contributed by atoms with van der Waals surface area (Å²) in [5.74, 6) is 0.243. The zero-order valence-electron chi connectivity index (χ0n) is 8.73. The van der Waals surface area contributed by atoms with Crippen molar-refractivity contribution in [3.63, 3.8) is 0 Å². The van der Waals surface area contributed by atoms with Crippen LogP contribution < -0.4 is 4.72 Å². The van der Waals surface area contributed by atoms with E-state index in [1.54, 1.807) is 0 Å². The Balaban J connectivity index is 2.17. The maximum Gasteiger partial charge on any atom is 0.212 e. The second-order valence-corrected chi connectivity index (χ2v) is 5.75. The lowest BCUT2D eigenvalue weighted by atomic mass is 10.0. The number of sulfonamides is 1. The standard InChI is InChI=1S/C11H15NO2S/c1-2-9-3-5-10(6-4-9)11-7-8-15(13,14)12-11/h3-6,11-12H,2,7-8H2,1H3. The number of hydrogen-bond acceptors (Lipinski definition) is 2. The van der Waals surface area contributed by atoms with Gasteiger partial charge in [-0.2, -0.15) is 0 Å². The molecule has 15 heavy (non-hydrogen) atoms. The molecule has 1 aliphatic rings. The highest BCUT2D eigenvalue weighted by Crippen LogP contribution is 2.24. The molecule has 0 radical (unpaired) electrons. The zero-order valence-corrected chi connectivity index (χ0v) is 9.55. The van der Waals surface area contributed by atoms with Crippen LogP contribution in [-0.2, 0) is 16.4 Å². The molecule has 0 aliphatic carbocycles. The molecular weight excluding hydrogens is 210 g/mol. The van der Waals surface area contributed by atoms with Crippen LogP contribution >= 0.6 is 0 Å². The maximum atomic E-state index is 11.2. The van der Waals surface area contributed by atoms with E-state index in [0.717, 1.165) is 12.0 Å². The summed E-state index contributed by atoms with van der Waals surface area (Å²) >= 11 is 0. The van der Waals surface area contributed by atoms with Gasteiger partial charge in [-0.25, -0.2) is 13.1 Å². The van der Waals surface area contributed by atoms with Crippen molar-refractivity contribution in [3.05, 3.63) is 35.4 Å². The van der Waals surface area contributed by atoms with Crippen LogP contribution in [0, 0.1) is 0 Å². The van der Waals surface area contributed by atoms with E-state index in [2.05, 4.69) is 23.8 Å². The summed E-state index contributed by atoms with van der Waals surface area (Å²) < 4.78 is 25.1. The second kappa shape index (κ2) is 3.94. The molecule has 1 heterocycles. The Bertz CT molecular complexity index is 436. The minimum absolute atomic E-state index is 0.0269. The molecule has 1 aromatic carbocycles. The highest BCUT2D eigenvalue weighted by molar-refractivity contribution is 7.89. The van der Waals surface area contributed by atoms with Gasteiger partial charge in [-0.1, -0.05) is 31.2 Å². The first-order valence-electron chi connectivity index (χ1n) is 5.19. The van der Waals surface area contributed by atoms with Gasteiger partial charge in [0.15, 0.2) is 0 Å². The molecule has 1 atom stereocenters. The van der Waals surface area contributed by atoms with Crippen LogP contribution in [0.1, 0.15) is 30.5 Å². The molecule has 0 bridgehead atoms. The van der Waals surface area contributed by atoms with E-state index in [-0.39, 0.29) is 11.8 Å². The molecule has 0 aromatic heterocycles. The van der Waals surface area contributed by atoms with Crippen molar-refractivity contribution >= 4 is 10.0 Å². The first-order chi connectivity index (χ1) is 7.11. The molecule has 1 unspecified atom stereocenters. The highest BCUT2D eigenvalue weighted by Gasteiger charge is 2.27. The lowest BCUT2D eigenvalue weighted by Gasteiger charge is -2.09. The molecule has 1 N–H and O–H groups in total. The van der Waals surface area contributed by atoms with E-state index >= 15 is 0 Å². The molecule has 2 rings (SSSR count). The van der Waals surface area contributed by atoms with Crippen LogP contribution in [-0.4, -0.2) is 14.2 Å². The van der Waals surface area contributed by atoms with Crippen molar-refractivity contribution in [3.8, 4) is 0 Å². The largest absolute Gasteiger partial charge is 0.212 e. The van der Waals surface area contributed by atoms with Crippen LogP contribution in [0.5, 0.6) is 0 Å². The Morgan fingerprint density at radius 2 is 2.00 bits per heavy atom. The van der Waals surface area contributed by atoms with Crippen molar-refractivity contribution in [1.29, 1.82) is 0 Å². The summed E-state index contributed by atoms with van der Waals surface area (Å²) in [4.78, 5) is 0. The minimum atomic E-state index is -3.01. The van der Waals surface area contributed by atoms with Gasteiger partial charge in [-0.3, -0.25) is 0 Å². The van der Waals surface area contributed by atoms with Gasteiger partial charge in [0.1, 0.15) is 0 Å². The Morgan fingerprint density at radius 3 is 2.47 bits per heavy atom. The fourth-order valence-electron chi connectivity index (χ4n) is 1.83.